The van der Waals surface area contributed by atoms with Crippen molar-refractivity contribution in [1.29, 1.82) is 0 Å². The average molecular weight is 308 g/mol. The number of esters is 1. The first kappa shape index (κ1) is 16.5. The van der Waals surface area contributed by atoms with Crippen LogP contribution < -0.4 is 5.56 Å². The molecule has 0 saturated heterocycles. The fourth-order valence-corrected chi connectivity index (χ4v) is 2.27. The average Bonchev–Trinajstić information content (AvgIpc) is 3.25. The molecule has 1 aromatic rings. The number of hydrogen-bond acceptors (Lipinski definition) is 5. The molecule has 1 aliphatic rings. The monoisotopic (exact) mass is 308 g/mol. The lowest BCUT2D eigenvalue weighted by Gasteiger charge is -2.13. The van der Waals surface area contributed by atoms with Gasteiger partial charge in [-0.05, 0) is 44.4 Å². The molecule has 0 atom stereocenters. The van der Waals surface area contributed by atoms with Crippen LogP contribution >= 0.6 is 0 Å². The van der Waals surface area contributed by atoms with E-state index >= 15 is 0 Å². The fourth-order valence-electron chi connectivity index (χ4n) is 2.27. The van der Waals surface area contributed by atoms with E-state index in [0.717, 1.165) is 19.3 Å². The summed E-state index contributed by atoms with van der Waals surface area (Å²) in [5, 5.41) is 14.5. The first-order valence-corrected chi connectivity index (χ1v) is 7.94. The summed E-state index contributed by atoms with van der Waals surface area (Å²) < 4.78 is 6.20. The molecule has 0 aliphatic heterocycles. The van der Waals surface area contributed by atoms with Crippen molar-refractivity contribution in [3.63, 3.8) is 0 Å². The van der Waals surface area contributed by atoms with E-state index < -0.39 is 11.5 Å². The Hall–Kier alpha value is -1.85. The zero-order chi connectivity index (χ0) is 16.3. The number of aryl methyl sites for hydroxylation is 1. The molecule has 0 bridgehead atoms. The first-order chi connectivity index (χ1) is 10.4. The van der Waals surface area contributed by atoms with Crippen molar-refractivity contribution < 1.29 is 14.6 Å². The highest BCUT2D eigenvalue weighted by molar-refractivity contribution is 5.92. The number of hydrogen-bond donors (Lipinski definition) is 1. The van der Waals surface area contributed by atoms with Gasteiger partial charge in [0.25, 0.3) is 5.56 Å². The van der Waals surface area contributed by atoms with Crippen LogP contribution in [0.4, 0.5) is 0 Å². The maximum Gasteiger partial charge on any atom is 0.347 e. The van der Waals surface area contributed by atoms with Crippen molar-refractivity contribution in [2.24, 2.45) is 11.8 Å². The minimum atomic E-state index is -0.775. The lowest BCUT2D eigenvalue weighted by atomic mass is 10.1. The maximum atomic E-state index is 12.4. The van der Waals surface area contributed by atoms with Crippen LogP contribution in [-0.4, -0.2) is 27.5 Å². The normalized spacial score (nSPS) is 14.4. The van der Waals surface area contributed by atoms with Gasteiger partial charge in [0.2, 0.25) is 0 Å². The summed E-state index contributed by atoms with van der Waals surface area (Å²) in [5.41, 5.74) is -0.429. The van der Waals surface area contributed by atoms with E-state index in [9.17, 15) is 14.7 Å². The number of carbonyl (C=O) groups is 1. The Morgan fingerprint density at radius 1 is 1.45 bits per heavy atom. The molecule has 6 nitrogen and oxygen atoms in total. The van der Waals surface area contributed by atoms with Gasteiger partial charge in [-0.2, -0.15) is 5.10 Å². The van der Waals surface area contributed by atoms with Crippen LogP contribution in [-0.2, 0) is 17.7 Å². The van der Waals surface area contributed by atoms with Crippen molar-refractivity contribution in [2.45, 2.75) is 53.0 Å². The second-order valence-corrected chi connectivity index (χ2v) is 6.25. The molecule has 122 valence electrons. The minimum Gasteiger partial charge on any atom is -0.505 e. The Morgan fingerprint density at radius 2 is 2.14 bits per heavy atom. The van der Waals surface area contributed by atoms with Gasteiger partial charge in [0.05, 0.1) is 6.61 Å². The molecular formula is C16H24N2O4. The van der Waals surface area contributed by atoms with Gasteiger partial charge in [0.15, 0.2) is 11.3 Å². The molecular weight excluding hydrogens is 284 g/mol. The fraction of sp³-hybridized carbons (Fsp3) is 0.688. The third-order valence-corrected chi connectivity index (χ3v) is 3.78. The van der Waals surface area contributed by atoms with Crippen molar-refractivity contribution in [3.8, 4) is 5.75 Å². The largest absolute Gasteiger partial charge is 0.505 e. The van der Waals surface area contributed by atoms with Gasteiger partial charge in [-0.25, -0.2) is 9.48 Å². The summed E-state index contributed by atoms with van der Waals surface area (Å²) in [7, 11) is 0. The summed E-state index contributed by atoms with van der Waals surface area (Å²) in [6, 6.07) is 0. The zero-order valence-electron chi connectivity index (χ0n) is 13.5. The number of nitrogens with zero attached hydrogens (tertiary/aromatic N) is 2. The van der Waals surface area contributed by atoms with Gasteiger partial charge in [-0.1, -0.05) is 13.8 Å². The SMILES string of the molecule is CCOC(=O)c1c(O)c(CC2CC2)nn(CCC(C)C)c1=O. The van der Waals surface area contributed by atoms with E-state index in [1.54, 1.807) is 6.92 Å². The van der Waals surface area contributed by atoms with E-state index in [4.69, 9.17) is 4.74 Å². The van der Waals surface area contributed by atoms with Crippen molar-refractivity contribution in [1.82, 2.24) is 9.78 Å². The summed E-state index contributed by atoms with van der Waals surface area (Å²) in [6.45, 7) is 6.37. The van der Waals surface area contributed by atoms with Gasteiger partial charge in [-0.15, -0.1) is 0 Å². The lowest BCUT2D eigenvalue weighted by Crippen LogP contribution is -2.31. The van der Waals surface area contributed by atoms with Crippen LogP contribution in [0.2, 0.25) is 0 Å². The van der Waals surface area contributed by atoms with E-state index in [-0.39, 0.29) is 17.9 Å². The lowest BCUT2D eigenvalue weighted by molar-refractivity contribution is 0.0519. The van der Waals surface area contributed by atoms with Crippen LogP contribution in [0.25, 0.3) is 0 Å². The Kier molecular flexibility index (Phi) is 5.21. The molecule has 2 rings (SSSR count). The Balaban J connectivity index is 2.41. The quantitative estimate of drug-likeness (QED) is 0.780. The smallest absolute Gasteiger partial charge is 0.347 e. The summed E-state index contributed by atoms with van der Waals surface area (Å²) >= 11 is 0. The van der Waals surface area contributed by atoms with E-state index in [2.05, 4.69) is 18.9 Å². The molecule has 1 fully saturated rings. The Bertz CT molecular complexity index is 603. The van der Waals surface area contributed by atoms with Gasteiger partial charge >= 0.3 is 5.97 Å². The minimum absolute atomic E-state index is 0.157. The maximum absolute atomic E-state index is 12.4. The van der Waals surface area contributed by atoms with Crippen LogP contribution in [0.15, 0.2) is 4.79 Å². The second-order valence-electron chi connectivity index (χ2n) is 6.25. The van der Waals surface area contributed by atoms with Crippen LogP contribution in [0.3, 0.4) is 0 Å². The molecule has 0 aromatic carbocycles. The number of aromatic hydroxyl groups is 1. The standard InChI is InChI=1S/C16H24N2O4/c1-4-22-16(21)13-14(19)12(9-11-5-6-11)17-18(15(13)20)8-7-10(2)3/h10-11,19H,4-9H2,1-3H3. The second kappa shape index (κ2) is 6.94. The molecule has 0 unspecified atom stereocenters. The van der Waals surface area contributed by atoms with Gasteiger partial charge in [0.1, 0.15) is 5.69 Å². The van der Waals surface area contributed by atoms with Crippen LogP contribution in [0.5, 0.6) is 5.75 Å². The van der Waals surface area contributed by atoms with E-state index in [0.29, 0.717) is 30.5 Å². The highest BCUT2D eigenvalue weighted by atomic mass is 16.5. The molecule has 0 radical (unpaired) electrons. The predicted molar refractivity (Wildman–Crippen MR) is 82.0 cm³/mol. The van der Waals surface area contributed by atoms with E-state index in [1.807, 2.05) is 0 Å². The van der Waals surface area contributed by atoms with Crippen LogP contribution in [0.1, 0.15) is 56.1 Å². The molecule has 1 aromatic heterocycles. The Morgan fingerprint density at radius 3 is 2.68 bits per heavy atom. The summed E-state index contributed by atoms with van der Waals surface area (Å²) in [5.74, 6) is -0.177. The molecule has 22 heavy (non-hydrogen) atoms. The topological polar surface area (TPSA) is 81.4 Å². The molecule has 1 saturated carbocycles. The number of ether oxygens (including phenoxy) is 1. The first-order valence-electron chi connectivity index (χ1n) is 7.94. The highest BCUT2D eigenvalue weighted by Crippen LogP contribution is 2.34. The van der Waals surface area contributed by atoms with Crippen molar-refractivity contribution >= 4 is 5.97 Å². The number of aromatic nitrogens is 2. The molecule has 6 heteroatoms. The number of rotatable bonds is 7. The molecule has 1 heterocycles. The molecule has 0 amide bonds. The van der Waals surface area contributed by atoms with Gasteiger partial charge in [0, 0.05) is 6.54 Å². The molecule has 1 aliphatic carbocycles. The summed E-state index contributed by atoms with van der Waals surface area (Å²) in [4.78, 5) is 24.4. The van der Waals surface area contributed by atoms with Crippen LogP contribution in [0, 0.1) is 11.8 Å². The third kappa shape index (κ3) is 3.87. The van der Waals surface area contributed by atoms with Gasteiger partial charge < -0.3 is 9.84 Å². The Labute approximate surface area is 130 Å². The van der Waals surface area contributed by atoms with E-state index in [1.165, 1.54) is 4.68 Å². The zero-order valence-corrected chi connectivity index (χ0v) is 13.5. The van der Waals surface area contributed by atoms with Gasteiger partial charge in [-0.3, -0.25) is 4.79 Å². The predicted octanol–water partition coefficient (Wildman–Crippen LogP) is 2.12. The molecule has 1 N–H and O–H groups in total. The number of carbonyl (C=O) groups excluding carboxylic acids is 1. The molecule has 0 spiro atoms. The third-order valence-electron chi connectivity index (χ3n) is 3.78. The highest BCUT2D eigenvalue weighted by Gasteiger charge is 2.28. The van der Waals surface area contributed by atoms with Crippen molar-refractivity contribution in [3.05, 3.63) is 21.6 Å². The van der Waals surface area contributed by atoms with Crippen molar-refractivity contribution in [2.75, 3.05) is 6.61 Å². The summed E-state index contributed by atoms with van der Waals surface area (Å²) in [6.07, 6.45) is 3.57.